The predicted molar refractivity (Wildman–Crippen MR) is 217 cm³/mol. The van der Waals surface area contributed by atoms with Crippen molar-refractivity contribution in [1.29, 1.82) is 0 Å². The van der Waals surface area contributed by atoms with Gasteiger partial charge in [0.25, 0.3) is 0 Å². The zero-order valence-electron chi connectivity index (χ0n) is 28.3. The average molecular weight is 668 g/mol. The predicted octanol–water partition coefficient (Wildman–Crippen LogP) is 13.6. The molecule has 0 saturated carbocycles. The normalized spacial score (nSPS) is 11.5. The summed E-state index contributed by atoms with van der Waals surface area (Å²) in [5.41, 5.74) is 11.6. The number of fused-ring (bicyclic) bond motifs is 6. The highest BCUT2D eigenvalue weighted by atomic mass is 16.3. The maximum absolute atomic E-state index is 6.56. The van der Waals surface area contributed by atoms with Gasteiger partial charge in [-0.1, -0.05) is 103 Å². The van der Waals surface area contributed by atoms with Crippen molar-refractivity contribution in [1.82, 2.24) is 4.57 Å². The second kappa shape index (κ2) is 12.4. The zero-order valence-corrected chi connectivity index (χ0v) is 28.3. The van der Waals surface area contributed by atoms with E-state index in [1.807, 2.05) is 12.1 Å². The fraction of sp³-hybridized carbons (Fsp3) is 0. The van der Waals surface area contributed by atoms with Gasteiger partial charge in [-0.25, -0.2) is 0 Å². The number of anilines is 6. The standard InChI is InChI=1S/C48H33N3O/c1-4-15-34(16-5-1)49(35-17-6-2-7-18-35)37-27-29-38(30-28-37)51-44-24-12-10-21-40(44)43-33-39(31-32-45(43)51)50(36-19-8-3-9-20-36)46-25-14-23-42-41-22-11-13-26-47(41)52-48(42)46/h1-33H. The third-order valence-corrected chi connectivity index (χ3v) is 9.95. The Hall–Kier alpha value is -7.04. The van der Waals surface area contributed by atoms with Crippen LogP contribution in [0.5, 0.6) is 0 Å². The van der Waals surface area contributed by atoms with Gasteiger partial charge in [0.05, 0.1) is 16.7 Å². The van der Waals surface area contributed by atoms with E-state index in [-0.39, 0.29) is 0 Å². The summed E-state index contributed by atoms with van der Waals surface area (Å²) in [6.07, 6.45) is 0. The molecule has 0 spiro atoms. The summed E-state index contributed by atoms with van der Waals surface area (Å²) >= 11 is 0. The summed E-state index contributed by atoms with van der Waals surface area (Å²) in [7, 11) is 0. The fourth-order valence-corrected chi connectivity index (χ4v) is 7.64. The van der Waals surface area contributed by atoms with E-state index in [2.05, 4.69) is 202 Å². The van der Waals surface area contributed by atoms with Crippen LogP contribution in [0.2, 0.25) is 0 Å². The van der Waals surface area contributed by atoms with Crippen molar-refractivity contribution in [2.75, 3.05) is 9.80 Å². The molecule has 0 aliphatic heterocycles. The third kappa shape index (κ3) is 4.92. The maximum Gasteiger partial charge on any atom is 0.159 e. The van der Waals surface area contributed by atoms with Gasteiger partial charge in [0.1, 0.15) is 5.58 Å². The van der Waals surface area contributed by atoms with Crippen LogP contribution in [0.4, 0.5) is 34.1 Å². The molecule has 4 nitrogen and oxygen atoms in total. The lowest BCUT2D eigenvalue weighted by Gasteiger charge is -2.26. The Morgan fingerprint density at radius 1 is 0.346 bits per heavy atom. The highest BCUT2D eigenvalue weighted by molar-refractivity contribution is 6.13. The van der Waals surface area contributed by atoms with Crippen LogP contribution in [0, 0.1) is 0 Å². The SMILES string of the molecule is c1ccc(N(c2ccccc2)c2ccc(-n3c4ccccc4c4cc(N(c5ccccc5)c5cccc6c5oc5ccccc56)ccc43)cc2)cc1. The molecule has 0 N–H and O–H groups in total. The summed E-state index contributed by atoms with van der Waals surface area (Å²) in [5, 5.41) is 4.61. The zero-order chi connectivity index (χ0) is 34.4. The maximum atomic E-state index is 6.56. The number of rotatable bonds is 7. The van der Waals surface area contributed by atoms with Crippen molar-refractivity contribution in [3.63, 3.8) is 0 Å². The van der Waals surface area contributed by atoms with Crippen molar-refractivity contribution in [2.45, 2.75) is 0 Å². The van der Waals surface area contributed by atoms with E-state index in [4.69, 9.17) is 4.42 Å². The summed E-state index contributed by atoms with van der Waals surface area (Å²) in [4.78, 5) is 4.61. The largest absolute Gasteiger partial charge is 0.454 e. The Labute approximate surface area is 301 Å². The molecule has 4 heteroatoms. The van der Waals surface area contributed by atoms with Gasteiger partial charge < -0.3 is 18.8 Å². The van der Waals surface area contributed by atoms with Gasteiger partial charge in [-0.2, -0.15) is 0 Å². The van der Waals surface area contributed by atoms with E-state index in [1.165, 1.54) is 10.8 Å². The summed E-state index contributed by atoms with van der Waals surface area (Å²) in [5.74, 6) is 0. The number of para-hydroxylation sites is 6. The number of hydrogen-bond donors (Lipinski definition) is 0. The van der Waals surface area contributed by atoms with E-state index in [0.717, 1.165) is 72.8 Å². The molecule has 0 unspecified atom stereocenters. The first-order chi connectivity index (χ1) is 25.8. The average Bonchev–Trinajstić information content (AvgIpc) is 3.76. The van der Waals surface area contributed by atoms with Crippen LogP contribution in [-0.2, 0) is 0 Å². The second-order valence-corrected chi connectivity index (χ2v) is 13.0. The van der Waals surface area contributed by atoms with Crippen LogP contribution in [0.25, 0.3) is 49.4 Å². The van der Waals surface area contributed by atoms with Gasteiger partial charge in [-0.05, 0) is 97.1 Å². The molecule has 0 bridgehead atoms. The van der Waals surface area contributed by atoms with Gasteiger partial charge in [0.2, 0.25) is 0 Å². The van der Waals surface area contributed by atoms with Crippen LogP contribution in [0.1, 0.15) is 0 Å². The number of hydrogen-bond acceptors (Lipinski definition) is 3. The van der Waals surface area contributed by atoms with Crippen LogP contribution in [0.15, 0.2) is 205 Å². The first kappa shape index (κ1) is 29.8. The van der Waals surface area contributed by atoms with E-state index < -0.39 is 0 Å². The third-order valence-electron chi connectivity index (χ3n) is 9.95. The molecule has 0 amide bonds. The molecular formula is C48H33N3O. The Morgan fingerprint density at radius 3 is 1.56 bits per heavy atom. The number of nitrogens with zero attached hydrogens (tertiary/aromatic N) is 3. The van der Waals surface area contributed by atoms with Crippen LogP contribution < -0.4 is 9.80 Å². The Morgan fingerprint density at radius 2 is 0.865 bits per heavy atom. The quantitative estimate of drug-likeness (QED) is 0.169. The van der Waals surface area contributed by atoms with Crippen molar-refractivity contribution in [2.24, 2.45) is 0 Å². The monoisotopic (exact) mass is 667 g/mol. The molecule has 10 aromatic rings. The van der Waals surface area contributed by atoms with E-state index in [0.29, 0.717) is 0 Å². The molecule has 0 radical (unpaired) electrons. The fourth-order valence-electron chi connectivity index (χ4n) is 7.64. The molecule has 0 fully saturated rings. The summed E-state index contributed by atoms with van der Waals surface area (Å²) in [6.45, 7) is 0. The van der Waals surface area contributed by atoms with Gasteiger partial charge in [0, 0.05) is 55.7 Å². The van der Waals surface area contributed by atoms with Gasteiger partial charge in [0.15, 0.2) is 5.58 Å². The molecule has 2 aromatic heterocycles. The molecule has 246 valence electrons. The second-order valence-electron chi connectivity index (χ2n) is 13.0. The minimum absolute atomic E-state index is 0.871. The minimum atomic E-state index is 0.871. The topological polar surface area (TPSA) is 24.6 Å². The van der Waals surface area contributed by atoms with Gasteiger partial charge in [-0.15, -0.1) is 0 Å². The molecule has 52 heavy (non-hydrogen) atoms. The summed E-state index contributed by atoms with van der Waals surface area (Å²) in [6, 6.07) is 70.7. The Kier molecular flexibility index (Phi) is 7.10. The minimum Gasteiger partial charge on any atom is -0.454 e. The van der Waals surface area contributed by atoms with Crippen molar-refractivity contribution < 1.29 is 4.42 Å². The Bertz CT molecular complexity index is 2800. The lowest BCUT2D eigenvalue weighted by Crippen LogP contribution is -2.10. The molecule has 0 saturated heterocycles. The van der Waals surface area contributed by atoms with E-state index in [1.54, 1.807) is 0 Å². The molecule has 0 aliphatic rings. The number of benzene rings is 8. The number of furan rings is 1. The Balaban J connectivity index is 1.13. The van der Waals surface area contributed by atoms with Crippen molar-refractivity contribution in [3.05, 3.63) is 200 Å². The van der Waals surface area contributed by atoms with Crippen molar-refractivity contribution in [3.8, 4) is 5.69 Å². The smallest absolute Gasteiger partial charge is 0.159 e. The van der Waals surface area contributed by atoms with E-state index in [9.17, 15) is 0 Å². The first-order valence-corrected chi connectivity index (χ1v) is 17.6. The van der Waals surface area contributed by atoms with E-state index >= 15 is 0 Å². The highest BCUT2D eigenvalue weighted by Gasteiger charge is 2.21. The lowest BCUT2D eigenvalue weighted by atomic mass is 10.1. The van der Waals surface area contributed by atoms with Crippen LogP contribution in [-0.4, -0.2) is 4.57 Å². The van der Waals surface area contributed by atoms with Crippen LogP contribution >= 0.6 is 0 Å². The number of aromatic nitrogens is 1. The molecule has 8 aromatic carbocycles. The highest BCUT2D eigenvalue weighted by Crippen LogP contribution is 2.44. The van der Waals surface area contributed by atoms with Crippen LogP contribution in [0.3, 0.4) is 0 Å². The van der Waals surface area contributed by atoms with Crippen molar-refractivity contribution >= 4 is 77.9 Å². The molecule has 0 atom stereocenters. The van der Waals surface area contributed by atoms with Gasteiger partial charge >= 0.3 is 0 Å². The lowest BCUT2D eigenvalue weighted by molar-refractivity contribution is 0.669. The first-order valence-electron chi connectivity index (χ1n) is 17.6. The van der Waals surface area contributed by atoms with Gasteiger partial charge in [-0.3, -0.25) is 0 Å². The molecule has 2 heterocycles. The summed E-state index contributed by atoms with van der Waals surface area (Å²) < 4.78 is 8.94. The molecule has 10 rings (SSSR count). The molecule has 0 aliphatic carbocycles. The molecular weight excluding hydrogens is 635 g/mol.